The highest BCUT2D eigenvalue weighted by atomic mass is 19.1. The number of hydrogen-bond acceptors (Lipinski definition) is 7. The molecule has 1 aliphatic heterocycles. The van der Waals surface area contributed by atoms with Gasteiger partial charge in [-0.15, -0.1) is 5.10 Å². The van der Waals surface area contributed by atoms with Gasteiger partial charge in [-0.3, -0.25) is 0 Å². The smallest absolute Gasteiger partial charge is 0.182 e. The number of piperidine rings is 1. The van der Waals surface area contributed by atoms with Crippen molar-refractivity contribution in [2.45, 2.75) is 25.4 Å². The highest BCUT2D eigenvalue weighted by Gasteiger charge is 2.36. The zero-order valence-corrected chi connectivity index (χ0v) is 18.6. The maximum atomic E-state index is 15.6. The Morgan fingerprint density at radius 3 is 2.74 bits per heavy atom. The van der Waals surface area contributed by atoms with Crippen LogP contribution in [0.5, 0.6) is 11.5 Å². The van der Waals surface area contributed by atoms with Gasteiger partial charge >= 0.3 is 0 Å². The summed E-state index contributed by atoms with van der Waals surface area (Å²) in [6.07, 6.45) is 5.84. The predicted molar refractivity (Wildman–Crippen MR) is 126 cm³/mol. The van der Waals surface area contributed by atoms with E-state index in [1.165, 1.54) is 6.33 Å². The summed E-state index contributed by atoms with van der Waals surface area (Å²) in [6.45, 7) is 3.22. The van der Waals surface area contributed by atoms with Crippen LogP contribution in [0.4, 0.5) is 10.2 Å². The van der Waals surface area contributed by atoms with Gasteiger partial charge in [-0.25, -0.2) is 23.4 Å². The summed E-state index contributed by atoms with van der Waals surface area (Å²) < 4.78 is 25.0. The predicted octanol–water partition coefficient (Wildman–Crippen LogP) is 3.67. The van der Waals surface area contributed by atoms with Crippen molar-refractivity contribution in [1.82, 2.24) is 34.5 Å². The molecule has 0 amide bonds. The first-order valence-corrected chi connectivity index (χ1v) is 11.1. The van der Waals surface area contributed by atoms with Crippen molar-refractivity contribution in [2.75, 3.05) is 18.8 Å². The maximum absolute atomic E-state index is 15.6. The van der Waals surface area contributed by atoms with E-state index >= 15 is 4.39 Å². The highest BCUT2D eigenvalue weighted by molar-refractivity contribution is 5.74. The van der Waals surface area contributed by atoms with E-state index in [1.54, 1.807) is 27.5 Å². The minimum absolute atomic E-state index is 0.264. The van der Waals surface area contributed by atoms with Crippen molar-refractivity contribution in [2.24, 2.45) is 0 Å². The summed E-state index contributed by atoms with van der Waals surface area (Å²) >= 11 is 0. The largest absolute Gasteiger partial charge is 0.457 e. The number of rotatable bonds is 4. The van der Waals surface area contributed by atoms with Crippen LogP contribution in [0.2, 0.25) is 0 Å². The second kappa shape index (κ2) is 7.77. The molecule has 0 radical (unpaired) electrons. The summed E-state index contributed by atoms with van der Waals surface area (Å²) in [4.78, 5) is 8.70. The van der Waals surface area contributed by atoms with Gasteiger partial charge in [0.15, 0.2) is 17.3 Å². The standard InChI is InChI=1S/C24H23FN8O/c1-15-12-16(2-3-19(15)34-17-4-10-32-20(13-17)28-14-29-32)23-30-22(26)21-18(5-11-33(21)31-23)24(25)6-8-27-9-7-24/h2-5,10-14,27H,6-9H2,1H3,(H2,26,30,31). The van der Waals surface area contributed by atoms with E-state index in [2.05, 4.69) is 25.5 Å². The third kappa shape index (κ3) is 3.43. The topological polar surface area (TPSA) is 108 Å². The highest BCUT2D eigenvalue weighted by Crippen LogP contribution is 2.39. The SMILES string of the molecule is Cc1cc(-c2nc(N)c3c(C4(F)CCNCC4)ccn3n2)ccc1Oc1ccn2ncnc2c1. The Morgan fingerprint density at radius 2 is 1.91 bits per heavy atom. The first-order valence-electron chi connectivity index (χ1n) is 11.1. The van der Waals surface area contributed by atoms with Crippen LogP contribution in [0.3, 0.4) is 0 Å². The Bertz CT molecular complexity index is 1520. The fourth-order valence-electron chi connectivity index (χ4n) is 4.52. The number of hydrogen-bond donors (Lipinski definition) is 2. The number of nitrogens with two attached hydrogens (primary N) is 1. The molecule has 1 saturated heterocycles. The van der Waals surface area contributed by atoms with Gasteiger partial charge in [0.05, 0.1) is 0 Å². The lowest BCUT2D eigenvalue weighted by Gasteiger charge is -2.30. The van der Waals surface area contributed by atoms with Crippen LogP contribution in [0.1, 0.15) is 24.0 Å². The number of anilines is 1. The van der Waals surface area contributed by atoms with E-state index < -0.39 is 5.67 Å². The van der Waals surface area contributed by atoms with E-state index in [0.717, 1.165) is 11.1 Å². The number of nitrogens with one attached hydrogen (secondary N) is 1. The molecule has 4 aromatic heterocycles. The number of benzene rings is 1. The molecule has 10 heteroatoms. The second-order valence-corrected chi connectivity index (χ2v) is 8.57. The fraction of sp³-hybridized carbons (Fsp3) is 0.250. The van der Waals surface area contributed by atoms with E-state index in [-0.39, 0.29) is 5.82 Å². The second-order valence-electron chi connectivity index (χ2n) is 8.57. The first kappa shape index (κ1) is 20.5. The molecule has 0 bridgehead atoms. The third-order valence-corrected chi connectivity index (χ3v) is 6.33. The van der Waals surface area contributed by atoms with Crippen LogP contribution in [-0.2, 0) is 5.67 Å². The first-order chi connectivity index (χ1) is 16.5. The van der Waals surface area contributed by atoms with Gasteiger partial charge in [0.2, 0.25) is 0 Å². The van der Waals surface area contributed by atoms with Gasteiger partial charge in [0.1, 0.15) is 29.0 Å². The van der Waals surface area contributed by atoms with Crippen LogP contribution < -0.4 is 15.8 Å². The number of nitrogens with zero attached hydrogens (tertiary/aromatic N) is 6. The van der Waals surface area contributed by atoms with Gasteiger partial charge < -0.3 is 15.8 Å². The fourth-order valence-corrected chi connectivity index (χ4v) is 4.52. The molecule has 34 heavy (non-hydrogen) atoms. The minimum Gasteiger partial charge on any atom is -0.457 e. The average molecular weight is 459 g/mol. The molecule has 1 aromatic carbocycles. The minimum atomic E-state index is -1.43. The normalized spacial score (nSPS) is 15.7. The van der Waals surface area contributed by atoms with Crippen molar-refractivity contribution in [1.29, 1.82) is 0 Å². The number of aryl methyl sites for hydroxylation is 1. The summed E-state index contributed by atoms with van der Waals surface area (Å²) in [5.41, 5.74) is 8.39. The Balaban J connectivity index is 1.32. The molecule has 1 fully saturated rings. The number of ether oxygens (including phenoxy) is 1. The summed E-state index contributed by atoms with van der Waals surface area (Å²) in [5.74, 6) is 2.09. The van der Waals surface area contributed by atoms with Crippen LogP contribution in [0.15, 0.2) is 55.1 Å². The van der Waals surface area contributed by atoms with E-state index in [1.807, 2.05) is 37.3 Å². The molecular formula is C24H23FN8O. The molecule has 172 valence electrons. The van der Waals surface area contributed by atoms with E-state index in [4.69, 9.17) is 10.5 Å². The zero-order chi connectivity index (χ0) is 23.3. The van der Waals surface area contributed by atoms with Crippen LogP contribution in [0, 0.1) is 6.92 Å². The molecule has 0 atom stereocenters. The molecule has 0 unspecified atom stereocenters. The van der Waals surface area contributed by atoms with Crippen molar-refractivity contribution in [3.63, 3.8) is 0 Å². The van der Waals surface area contributed by atoms with Gasteiger partial charge in [0, 0.05) is 29.6 Å². The average Bonchev–Trinajstić information content (AvgIpc) is 3.48. The molecular weight excluding hydrogens is 435 g/mol. The van der Waals surface area contributed by atoms with Crippen LogP contribution in [-0.4, -0.2) is 42.3 Å². The molecule has 3 N–H and O–H groups in total. The molecule has 0 aliphatic carbocycles. The van der Waals surface area contributed by atoms with Crippen LogP contribution in [0.25, 0.3) is 22.6 Å². The van der Waals surface area contributed by atoms with E-state index in [0.29, 0.717) is 60.0 Å². The quantitative estimate of drug-likeness (QED) is 0.423. The third-order valence-electron chi connectivity index (χ3n) is 6.33. The Hall–Kier alpha value is -4.05. The Kier molecular flexibility index (Phi) is 4.70. The molecule has 9 nitrogen and oxygen atoms in total. The molecule has 0 saturated carbocycles. The van der Waals surface area contributed by atoms with Crippen molar-refractivity contribution < 1.29 is 9.13 Å². The van der Waals surface area contributed by atoms with Crippen molar-refractivity contribution in [3.05, 3.63) is 66.2 Å². The van der Waals surface area contributed by atoms with Crippen molar-refractivity contribution in [3.8, 4) is 22.9 Å². The molecule has 1 aliphatic rings. The van der Waals surface area contributed by atoms with Crippen LogP contribution >= 0.6 is 0 Å². The number of alkyl halides is 1. The summed E-state index contributed by atoms with van der Waals surface area (Å²) in [6, 6.07) is 11.1. The zero-order valence-electron chi connectivity index (χ0n) is 18.6. The van der Waals surface area contributed by atoms with Gasteiger partial charge in [-0.1, -0.05) is 0 Å². The number of aromatic nitrogens is 6. The number of fused-ring (bicyclic) bond motifs is 2. The van der Waals surface area contributed by atoms with Gasteiger partial charge in [0.25, 0.3) is 0 Å². The summed E-state index contributed by atoms with van der Waals surface area (Å²) in [7, 11) is 0. The molecule has 5 aromatic rings. The Labute approximate surface area is 194 Å². The van der Waals surface area contributed by atoms with Gasteiger partial charge in [-0.2, -0.15) is 5.10 Å². The maximum Gasteiger partial charge on any atom is 0.182 e. The Morgan fingerprint density at radius 1 is 1.09 bits per heavy atom. The number of halogens is 1. The lowest BCUT2D eigenvalue weighted by Crippen LogP contribution is -2.36. The monoisotopic (exact) mass is 458 g/mol. The van der Waals surface area contributed by atoms with E-state index in [9.17, 15) is 0 Å². The number of nitrogen functional groups attached to an aromatic ring is 1. The summed E-state index contributed by atoms with van der Waals surface area (Å²) in [5, 5.41) is 11.9. The molecule has 6 rings (SSSR count). The lowest BCUT2D eigenvalue weighted by molar-refractivity contribution is 0.117. The lowest BCUT2D eigenvalue weighted by atomic mass is 9.87. The van der Waals surface area contributed by atoms with Gasteiger partial charge in [-0.05, 0) is 68.8 Å². The molecule has 0 spiro atoms. The van der Waals surface area contributed by atoms with Crippen molar-refractivity contribution >= 4 is 17.0 Å². The number of pyridine rings is 1. The molecule has 5 heterocycles.